The summed E-state index contributed by atoms with van der Waals surface area (Å²) in [6.45, 7) is 1.33. The highest BCUT2D eigenvalue weighted by molar-refractivity contribution is 7.88. The van der Waals surface area contributed by atoms with Crippen molar-refractivity contribution in [3.8, 4) is 0 Å². The molecule has 1 aliphatic carbocycles. The largest absolute Gasteiger partial charge is 0.376 e. The first-order chi connectivity index (χ1) is 11.9. The lowest BCUT2D eigenvalue weighted by Crippen LogP contribution is -2.70. The van der Waals surface area contributed by atoms with Crippen LogP contribution in [0.3, 0.4) is 0 Å². The van der Waals surface area contributed by atoms with Crippen LogP contribution in [0.2, 0.25) is 0 Å². The molecule has 1 aromatic rings. The predicted octanol–water partition coefficient (Wildman–Crippen LogP) is -0.561. The van der Waals surface area contributed by atoms with Crippen molar-refractivity contribution in [2.24, 2.45) is 5.92 Å². The van der Waals surface area contributed by atoms with Crippen molar-refractivity contribution in [2.45, 2.75) is 56.8 Å². The van der Waals surface area contributed by atoms with Crippen LogP contribution in [0.4, 0.5) is 0 Å². The zero-order chi connectivity index (χ0) is 17.6. The Morgan fingerprint density at radius 1 is 1.24 bits per heavy atom. The molecule has 4 atom stereocenters. The van der Waals surface area contributed by atoms with Crippen LogP contribution in [-0.4, -0.2) is 60.1 Å². The number of aryl methyl sites for hydroxylation is 1. The second kappa shape index (κ2) is 6.33. The lowest BCUT2D eigenvalue weighted by Gasteiger charge is -2.47. The van der Waals surface area contributed by atoms with Gasteiger partial charge in [-0.2, -0.15) is 0 Å². The van der Waals surface area contributed by atoms with Gasteiger partial charge in [-0.25, -0.2) is 13.1 Å². The maximum absolute atomic E-state index is 12.7. The van der Waals surface area contributed by atoms with Crippen molar-refractivity contribution in [3.63, 3.8) is 0 Å². The Morgan fingerprint density at radius 2 is 2.08 bits per heavy atom. The quantitative estimate of drug-likeness (QED) is 0.735. The summed E-state index contributed by atoms with van der Waals surface area (Å²) in [7, 11) is -3.38. The lowest BCUT2D eigenvalue weighted by molar-refractivity contribution is -0.0195. The molecule has 1 aromatic heterocycles. The normalized spacial score (nSPS) is 31.6. The van der Waals surface area contributed by atoms with E-state index in [2.05, 4.69) is 20.2 Å². The maximum atomic E-state index is 12.7. The molecule has 2 N–H and O–H groups in total. The van der Waals surface area contributed by atoms with Crippen LogP contribution in [0.15, 0.2) is 0 Å². The molecule has 3 aliphatic rings. The average Bonchev–Trinajstić information content (AvgIpc) is 3.08. The van der Waals surface area contributed by atoms with E-state index in [1.807, 2.05) is 4.57 Å². The number of rotatable bonds is 4. The summed E-state index contributed by atoms with van der Waals surface area (Å²) in [5.74, 6) is 1.01. The number of nitrogens with zero attached hydrogens (tertiary/aromatic N) is 3. The fourth-order valence-electron chi connectivity index (χ4n) is 4.16. The fraction of sp³-hybridized carbons (Fsp3) is 0.800. The summed E-state index contributed by atoms with van der Waals surface area (Å²) in [6.07, 6.45) is 5.78. The number of nitrogens with one attached hydrogen (secondary N) is 2. The SMILES string of the molecule is CS(=O)(=O)N[C@@H]1[C@@H](NC(=O)c2nnc3n2CCCCC3)[C@H]2CCO[C@H]21. The third kappa shape index (κ3) is 3.18. The van der Waals surface area contributed by atoms with Gasteiger partial charge in [-0.15, -0.1) is 10.2 Å². The molecule has 0 aromatic carbocycles. The van der Waals surface area contributed by atoms with Gasteiger partial charge in [0.1, 0.15) is 5.82 Å². The van der Waals surface area contributed by atoms with Crippen LogP contribution < -0.4 is 10.0 Å². The van der Waals surface area contributed by atoms with Crippen molar-refractivity contribution in [3.05, 3.63) is 11.6 Å². The number of amides is 1. The third-order valence-electron chi connectivity index (χ3n) is 5.35. The molecule has 2 aliphatic heterocycles. The number of aromatic nitrogens is 3. The van der Waals surface area contributed by atoms with E-state index in [0.717, 1.165) is 50.7 Å². The van der Waals surface area contributed by atoms with E-state index < -0.39 is 16.1 Å². The summed E-state index contributed by atoms with van der Waals surface area (Å²) in [5, 5.41) is 11.2. The summed E-state index contributed by atoms with van der Waals surface area (Å²) in [5.41, 5.74) is 0. The number of hydrogen-bond donors (Lipinski definition) is 2. The highest BCUT2D eigenvalue weighted by Gasteiger charge is 2.55. The zero-order valence-electron chi connectivity index (χ0n) is 14.1. The second-order valence-electron chi connectivity index (χ2n) is 7.11. The van der Waals surface area contributed by atoms with Crippen LogP contribution in [-0.2, 0) is 27.7 Å². The van der Waals surface area contributed by atoms with Gasteiger partial charge in [0, 0.05) is 25.5 Å². The van der Waals surface area contributed by atoms with Gasteiger partial charge < -0.3 is 14.6 Å². The predicted molar refractivity (Wildman–Crippen MR) is 88.4 cm³/mol. The Balaban J connectivity index is 1.51. The van der Waals surface area contributed by atoms with E-state index in [1.165, 1.54) is 0 Å². The van der Waals surface area contributed by atoms with E-state index in [0.29, 0.717) is 12.4 Å². The molecule has 2 fully saturated rings. The Bertz CT molecular complexity index is 777. The number of ether oxygens (including phenoxy) is 1. The fourth-order valence-corrected chi connectivity index (χ4v) is 4.94. The second-order valence-corrected chi connectivity index (χ2v) is 8.89. The number of hydrogen-bond acceptors (Lipinski definition) is 6. The molecule has 1 saturated heterocycles. The van der Waals surface area contributed by atoms with Crippen molar-refractivity contribution < 1.29 is 17.9 Å². The molecule has 0 radical (unpaired) electrons. The molecule has 9 nitrogen and oxygen atoms in total. The minimum atomic E-state index is -3.38. The molecule has 4 rings (SSSR count). The Kier molecular flexibility index (Phi) is 4.28. The van der Waals surface area contributed by atoms with Crippen molar-refractivity contribution in [1.29, 1.82) is 0 Å². The molecular formula is C15H23N5O4S. The van der Waals surface area contributed by atoms with Crippen LogP contribution >= 0.6 is 0 Å². The molecule has 1 amide bonds. The molecule has 0 bridgehead atoms. The molecule has 1 saturated carbocycles. The zero-order valence-corrected chi connectivity index (χ0v) is 15.0. The number of carbonyl (C=O) groups is 1. The highest BCUT2D eigenvalue weighted by Crippen LogP contribution is 2.39. The Morgan fingerprint density at radius 3 is 2.88 bits per heavy atom. The van der Waals surface area contributed by atoms with Crippen molar-refractivity contribution >= 4 is 15.9 Å². The summed E-state index contributed by atoms with van der Waals surface area (Å²) in [6, 6.07) is -0.716. The first-order valence-corrected chi connectivity index (χ1v) is 10.6. The Hall–Kier alpha value is -1.52. The first-order valence-electron chi connectivity index (χ1n) is 8.76. The molecule has 25 heavy (non-hydrogen) atoms. The van der Waals surface area contributed by atoms with Crippen molar-refractivity contribution in [2.75, 3.05) is 12.9 Å². The van der Waals surface area contributed by atoms with Gasteiger partial charge in [-0.1, -0.05) is 6.42 Å². The first kappa shape index (κ1) is 16.9. The van der Waals surface area contributed by atoms with Crippen LogP contribution in [0.1, 0.15) is 42.1 Å². The van der Waals surface area contributed by atoms with E-state index in [1.54, 1.807) is 0 Å². The molecule has 3 heterocycles. The third-order valence-corrected chi connectivity index (χ3v) is 6.05. The smallest absolute Gasteiger partial charge is 0.289 e. The minimum absolute atomic E-state index is 0.134. The molecule has 138 valence electrons. The Labute approximate surface area is 146 Å². The van der Waals surface area contributed by atoms with E-state index in [9.17, 15) is 13.2 Å². The van der Waals surface area contributed by atoms with E-state index in [4.69, 9.17) is 4.74 Å². The molecule has 0 unspecified atom stereocenters. The van der Waals surface area contributed by atoms with Gasteiger partial charge >= 0.3 is 0 Å². The van der Waals surface area contributed by atoms with Gasteiger partial charge in [0.15, 0.2) is 0 Å². The summed E-state index contributed by atoms with van der Waals surface area (Å²) >= 11 is 0. The molecule has 0 spiro atoms. The maximum Gasteiger partial charge on any atom is 0.289 e. The lowest BCUT2D eigenvalue weighted by atomic mass is 9.72. The van der Waals surface area contributed by atoms with Gasteiger partial charge in [-0.05, 0) is 19.3 Å². The highest BCUT2D eigenvalue weighted by atomic mass is 32.2. The molecule has 10 heteroatoms. The summed E-state index contributed by atoms with van der Waals surface area (Å²) < 4.78 is 33.3. The van der Waals surface area contributed by atoms with Crippen LogP contribution in [0, 0.1) is 5.92 Å². The van der Waals surface area contributed by atoms with Gasteiger partial charge in [0.25, 0.3) is 5.91 Å². The topological polar surface area (TPSA) is 115 Å². The number of carbonyl (C=O) groups excluding carboxylic acids is 1. The van der Waals surface area contributed by atoms with E-state index >= 15 is 0 Å². The van der Waals surface area contributed by atoms with Gasteiger partial charge in [-0.3, -0.25) is 4.79 Å². The van der Waals surface area contributed by atoms with Crippen molar-refractivity contribution in [1.82, 2.24) is 24.8 Å². The monoisotopic (exact) mass is 369 g/mol. The number of sulfonamides is 1. The average molecular weight is 369 g/mol. The van der Waals surface area contributed by atoms with Gasteiger partial charge in [0.05, 0.1) is 24.4 Å². The van der Waals surface area contributed by atoms with Crippen LogP contribution in [0.5, 0.6) is 0 Å². The molecular weight excluding hydrogens is 346 g/mol. The minimum Gasteiger partial charge on any atom is -0.376 e. The standard InChI is InChI=1S/C15H23N5O4S/c1-25(22,23)19-12-11(9-6-8-24-13(9)12)16-15(21)14-18-17-10-5-3-2-4-7-20(10)14/h9,11-13,19H,2-8H2,1H3,(H,16,21)/t9-,11+,12-,13-/m1/s1. The van der Waals surface area contributed by atoms with Crippen LogP contribution in [0.25, 0.3) is 0 Å². The van der Waals surface area contributed by atoms with E-state index in [-0.39, 0.29) is 24.0 Å². The van der Waals surface area contributed by atoms with Gasteiger partial charge in [0.2, 0.25) is 15.8 Å². The summed E-state index contributed by atoms with van der Waals surface area (Å²) in [4.78, 5) is 12.7. The number of fused-ring (bicyclic) bond motifs is 2.